The number of β-amino-alcohol motifs (C(OH)–C–C–N with tert-alkyl or cyclic N) is 1. The summed E-state index contributed by atoms with van der Waals surface area (Å²) in [4.78, 5) is 43.5. The molecule has 222 valence electrons. The summed E-state index contributed by atoms with van der Waals surface area (Å²) >= 11 is 0. The Labute approximate surface area is 241 Å². The van der Waals surface area contributed by atoms with Gasteiger partial charge in [0.05, 0.1) is 24.6 Å². The molecule has 2 atom stereocenters. The van der Waals surface area contributed by atoms with Crippen molar-refractivity contribution in [1.82, 2.24) is 25.1 Å². The van der Waals surface area contributed by atoms with Gasteiger partial charge in [-0.25, -0.2) is 4.98 Å². The van der Waals surface area contributed by atoms with Crippen molar-refractivity contribution in [3.05, 3.63) is 29.5 Å². The molecule has 3 N–H and O–H groups in total. The molecule has 3 aliphatic heterocycles. The molecule has 12 heteroatoms. The first-order valence-corrected chi connectivity index (χ1v) is 14.5. The zero-order valence-electron chi connectivity index (χ0n) is 24.7. The first kappa shape index (κ1) is 29.0. The van der Waals surface area contributed by atoms with E-state index >= 15 is 0 Å². The predicted molar refractivity (Wildman–Crippen MR) is 158 cm³/mol. The highest BCUT2D eigenvalue weighted by Gasteiger charge is 2.38. The molecule has 2 unspecified atom stereocenters. The molecule has 1 aromatic heterocycles. The number of aromatic nitrogens is 2. The maximum absolute atomic E-state index is 13.1. The van der Waals surface area contributed by atoms with E-state index in [9.17, 15) is 14.7 Å². The normalized spacial score (nSPS) is 20.1. The van der Waals surface area contributed by atoms with Crippen molar-refractivity contribution < 1.29 is 19.4 Å². The number of likely N-dealkylation sites (N-methyl/N-ethyl adjacent to an activating group) is 2. The minimum atomic E-state index is -0.638. The summed E-state index contributed by atoms with van der Waals surface area (Å²) in [6.07, 6.45) is 2.31. The number of hydrogen-bond donors (Lipinski definition) is 3. The summed E-state index contributed by atoms with van der Waals surface area (Å²) in [5.41, 5.74) is 2.70. The SMILES string of the molecule is CCC1C(=O)N(C)c2cnc(Nc3ccc(C(=O)NCC(O)CN4CCN(C)CC4)c4c3OCC4)nc2N1C(C)C. The molecular formula is C29H42N8O4. The molecule has 0 saturated carbocycles. The van der Waals surface area contributed by atoms with Crippen LogP contribution in [0.3, 0.4) is 0 Å². The maximum atomic E-state index is 13.1. The Kier molecular flexibility index (Phi) is 8.62. The Hall–Kier alpha value is -3.48. The Morgan fingerprint density at radius 1 is 1.20 bits per heavy atom. The van der Waals surface area contributed by atoms with E-state index < -0.39 is 6.10 Å². The van der Waals surface area contributed by atoms with Crippen LogP contribution in [0, 0.1) is 0 Å². The van der Waals surface area contributed by atoms with E-state index in [-0.39, 0.29) is 30.4 Å². The lowest BCUT2D eigenvalue weighted by atomic mass is 10.0. The molecule has 12 nitrogen and oxygen atoms in total. The van der Waals surface area contributed by atoms with E-state index in [4.69, 9.17) is 9.72 Å². The number of aliphatic hydroxyl groups is 1. The maximum Gasteiger partial charge on any atom is 0.251 e. The summed E-state index contributed by atoms with van der Waals surface area (Å²) in [5.74, 6) is 1.50. The van der Waals surface area contributed by atoms with Gasteiger partial charge in [0.15, 0.2) is 5.82 Å². The number of carbonyl (C=O) groups is 2. The fourth-order valence-electron chi connectivity index (χ4n) is 5.86. The van der Waals surface area contributed by atoms with E-state index in [2.05, 4.69) is 51.2 Å². The number of nitrogens with zero attached hydrogens (tertiary/aromatic N) is 6. The molecular weight excluding hydrogens is 524 g/mol. The minimum absolute atomic E-state index is 0.0324. The smallest absolute Gasteiger partial charge is 0.251 e. The fraction of sp³-hybridized carbons (Fsp3) is 0.586. The molecule has 1 aromatic carbocycles. The van der Waals surface area contributed by atoms with E-state index in [0.717, 1.165) is 31.7 Å². The molecule has 5 rings (SSSR count). The molecule has 1 saturated heterocycles. The van der Waals surface area contributed by atoms with Crippen LogP contribution in [0.15, 0.2) is 18.3 Å². The number of benzene rings is 1. The number of rotatable bonds is 9. The summed E-state index contributed by atoms with van der Waals surface area (Å²) in [5, 5.41) is 16.7. The van der Waals surface area contributed by atoms with Gasteiger partial charge in [0.2, 0.25) is 11.9 Å². The van der Waals surface area contributed by atoms with Gasteiger partial charge in [-0.15, -0.1) is 0 Å². The predicted octanol–water partition coefficient (Wildman–Crippen LogP) is 1.46. The second-order valence-electron chi connectivity index (χ2n) is 11.4. The second kappa shape index (κ2) is 12.2. The van der Waals surface area contributed by atoms with Crippen molar-refractivity contribution in [3.8, 4) is 5.75 Å². The number of carbonyl (C=O) groups excluding carboxylic acids is 2. The Morgan fingerprint density at radius 3 is 2.66 bits per heavy atom. The van der Waals surface area contributed by atoms with Crippen LogP contribution in [-0.4, -0.2) is 115 Å². The largest absolute Gasteiger partial charge is 0.491 e. The van der Waals surface area contributed by atoms with Gasteiger partial charge in [-0.1, -0.05) is 6.92 Å². The van der Waals surface area contributed by atoms with Gasteiger partial charge in [-0.3, -0.25) is 14.5 Å². The van der Waals surface area contributed by atoms with Crippen LogP contribution in [0.1, 0.15) is 43.1 Å². The summed E-state index contributed by atoms with van der Waals surface area (Å²) in [6, 6.07) is 3.36. The van der Waals surface area contributed by atoms with Crippen LogP contribution < -0.4 is 25.2 Å². The summed E-state index contributed by atoms with van der Waals surface area (Å²) in [7, 11) is 3.86. The molecule has 0 bridgehead atoms. The lowest BCUT2D eigenvalue weighted by Gasteiger charge is -2.42. The Balaban J connectivity index is 1.30. The first-order valence-electron chi connectivity index (χ1n) is 14.5. The molecule has 2 aromatic rings. The van der Waals surface area contributed by atoms with Crippen LogP contribution >= 0.6 is 0 Å². The number of piperazine rings is 1. The number of fused-ring (bicyclic) bond motifs is 2. The van der Waals surface area contributed by atoms with Gasteiger partial charge >= 0.3 is 0 Å². The number of nitrogens with one attached hydrogen (secondary N) is 2. The summed E-state index contributed by atoms with van der Waals surface area (Å²) in [6.45, 7) is 11.1. The van der Waals surface area contributed by atoms with Gasteiger partial charge in [0.1, 0.15) is 17.5 Å². The molecule has 0 spiro atoms. The quantitative estimate of drug-likeness (QED) is 0.411. The third kappa shape index (κ3) is 5.95. The molecule has 3 aliphatic rings. The number of anilines is 4. The average molecular weight is 567 g/mol. The van der Waals surface area contributed by atoms with Gasteiger partial charge in [-0.2, -0.15) is 4.98 Å². The van der Waals surface area contributed by atoms with Crippen LogP contribution in [0.5, 0.6) is 5.75 Å². The highest BCUT2D eigenvalue weighted by molar-refractivity contribution is 6.04. The molecule has 0 radical (unpaired) electrons. The minimum Gasteiger partial charge on any atom is -0.491 e. The highest BCUT2D eigenvalue weighted by atomic mass is 16.5. The van der Waals surface area contributed by atoms with E-state index in [1.54, 1.807) is 30.3 Å². The van der Waals surface area contributed by atoms with Gasteiger partial charge < -0.3 is 35.2 Å². The van der Waals surface area contributed by atoms with Crippen LogP contribution in [0.25, 0.3) is 0 Å². The third-order valence-corrected chi connectivity index (χ3v) is 8.16. The first-order chi connectivity index (χ1) is 19.7. The Bertz CT molecular complexity index is 1280. The Morgan fingerprint density at radius 2 is 1.95 bits per heavy atom. The van der Waals surface area contributed by atoms with Crippen molar-refractivity contribution in [2.24, 2.45) is 0 Å². The lowest BCUT2D eigenvalue weighted by molar-refractivity contribution is -0.120. The van der Waals surface area contributed by atoms with Crippen LogP contribution in [0.2, 0.25) is 0 Å². The second-order valence-corrected chi connectivity index (χ2v) is 11.4. The number of ether oxygens (including phenoxy) is 1. The number of hydrogen-bond acceptors (Lipinski definition) is 10. The molecule has 2 amide bonds. The van der Waals surface area contributed by atoms with Crippen LogP contribution in [0.4, 0.5) is 23.1 Å². The standard InChI is InChI=1S/C29H42N8O4/c1-6-23-28(40)35(5)24-16-31-29(33-26(24)37(23)18(2)3)32-22-8-7-21(20-9-14-41-25(20)22)27(39)30-15-19(38)17-36-12-10-34(4)11-13-36/h7-8,16,18-19,23,38H,6,9-15,17H2,1-5H3,(H,30,39)(H,31,32,33). The zero-order valence-corrected chi connectivity index (χ0v) is 24.7. The van der Waals surface area contributed by atoms with E-state index in [1.807, 2.05) is 6.92 Å². The topological polar surface area (TPSA) is 126 Å². The van der Waals surface area contributed by atoms with Crippen LogP contribution in [-0.2, 0) is 11.2 Å². The monoisotopic (exact) mass is 566 g/mol. The molecule has 0 aliphatic carbocycles. The van der Waals surface area contributed by atoms with Crippen molar-refractivity contribution in [2.75, 3.05) is 75.1 Å². The van der Waals surface area contributed by atoms with Crippen molar-refractivity contribution in [2.45, 2.75) is 51.8 Å². The molecule has 41 heavy (non-hydrogen) atoms. The van der Waals surface area contributed by atoms with Gasteiger partial charge in [-0.05, 0) is 39.4 Å². The lowest BCUT2D eigenvalue weighted by Crippen LogP contribution is -2.54. The number of amides is 2. The van der Waals surface area contributed by atoms with Gasteiger partial charge in [0, 0.05) is 69.9 Å². The van der Waals surface area contributed by atoms with Gasteiger partial charge in [0.25, 0.3) is 5.91 Å². The molecule has 1 fully saturated rings. The third-order valence-electron chi connectivity index (χ3n) is 8.16. The molecule has 4 heterocycles. The number of aliphatic hydroxyl groups excluding tert-OH is 1. The van der Waals surface area contributed by atoms with Crippen molar-refractivity contribution >= 4 is 35.0 Å². The fourth-order valence-corrected chi connectivity index (χ4v) is 5.86. The zero-order chi connectivity index (χ0) is 29.3. The average Bonchev–Trinajstić information content (AvgIpc) is 3.45. The van der Waals surface area contributed by atoms with Crippen molar-refractivity contribution in [3.63, 3.8) is 0 Å². The highest BCUT2D eigenvalue weighted by Crippen LogP contribution is 2.39. The van der Waals surface area contributed by atoms with E-state index in [0.29, 0.717) is 60.4 Å². The summed E-state index contributed by atoms with van der Waals surface area (Å²) < 4.78 is 5.94. The van der Waals surface area contributed by atoms with Crippen molar-refractivity contribution in [1.29, 1.82) is 0 Å². The van der Waals surface area contributed by atoms with E-state index in [1.165, 1.54) is 0 Å².